The van der Waals surface area contributed by atoms with Crippen molar-refractivity contribution >= 4 is 39.7 Å². The van der Waals surface area contributed by atoms with E-state index in [1.54, 1.807) is 18.4 Å². The van der Waals surface area contributed by atoms with Gasteiger partial charge >= 0.3 is 0 Å². The number of amides is 1. The van der Waals surface area contributed by atoms with Gasteiger partial charge in [0, 0.05) is 12.1 Å². The lowest BCUT2D eigenvalue weighted by Gasteiger charge is -2.29. The minimum atomic E-state index is -3.62. The van der Waals surface area contributed by atoms with Crippen molar-refractivity contribution in [3.8, 4) is 0 Å². The summed E-state index contributed by atoms with van der Waals surface area (Å²) in [5.41, 5.74) is 0. The van der Waals surface area contributed by atoms with Gasteiger partial charge in [0.1, 0.15) is 4.21 Å². The maximum absolute atomic E-state index is 12.1. The van der Waals surface area contributed by atoms with Crippen molar-refractivity contribution < 1.29 is 13.2 Å². The Morgan fingerprint density at radius 1 is 1.50 bits per heavy atom. The molecule has 3 unspecified atom stereocenters. The Balaban J connectivity index is 0.00000242. The first kappa shape index (κ1) is 19.4. The Bertz CT molecular complexity index is 577. The summed E-state index contributed by atoms with van der Waals surface area (Å²) in [5.74, 6) is -0.283. The van der Waals surface area contributed by atoms with Gasteiger partial charge in [-0.15, -0.1) is 23.7 Å². The molecule has 1 aromatic rings. The topological polar surface area (TPSA) is 87.3 Å². The van der Waals surface area contributed by atoms with Crippen LogP contribution in [-0.4, -0.2) is 39.0 Å². The van der Waals surface area contributed by atoms with Crippen LogP contribution in [0, 0.1) is 0 Å². The highest BCUT2D eigenvalue weighted by Crippen LogP contribution is 2.16. The second-order valence-electron chi connectivity index (χ2n) is 5.36. The summed E-state index contributed by atoms with van der Waals surface area (Å²) >= 11 is 1.13. The van der Waals surface area contributed by atoms with Crippen molar-refractivity contribution in [1.82, 2.24) is 15.4 Å². The Labute approximate surface area is 141 Å². The smallest absolute Gasteiger partial charge is 0.250 e. The zero-order chi connectivity index (χ0) is 15.5. The van der Waals surface area contributed by atoms with Crippen LogP contribution in [0.25, 0.3) is 0 Å². The maximum atomic E-state index is 12.1. The predicted octanol–water partition coefficient (Wildman–Crippen LogP) is 1.09. The summed E-state index contributed by atoms with van der Waals surface area (Å²) in [6, 6.07) is 2.86. The molecule has 22 heavy (non-hydrogen) atoms. The Morgan fingerprint density at radius 3 is 2.82 bits per heavy atom. The van der Waals surface area contributed by atoms with Gasteiger partial charge in [0.15, 0.2) is 0 Å². The number of thiophene rings is 1. The van der Waals surface area contributed by atoms with Gasteiger partial charge in [-0.1, -0.05) is 6.07 Å². The highest BCUT2D eigenvalue weighted by Gasteiger charge is 2.26. The van der Waals surface area contributed by atoms with Gasteiger partial charge < -0.3 is 10.6 Å². The van der Waals surface area contributed by atoms with Gasteiger partial charge in [-0.05, 0) is 44.7 Å². The number of sulfonamides is 1. The van der Waals surface area contributed by atoms with E-state index in [-0.39, 0.29) is 28.6 Å². The maximum Gasteiger partial charge on any atom is 0.250 e. The quantitative estimate of drug-likeness (QED) is 0.727. The van der Waals surface area contributed by atoms with Crippen LogP contribution in [-0.2, 0) is 14.8 Å². The number of nitrogens with one attached hydrogen (secondary N) is 3. The number of hydrogen-bond donors (Lipinski definition) is 3. The summed E-state index contributed by atoms with van der Waals surface area (Å²) in [4.78, 5) is 12.1. The molecule has 0 bridgehead atoms. The summed E-state index contributed by atoms with van der Waals surface area (Å²) in [5, 5.41) is 7.91. The zero-order valence-corrected chi connectivity index (χ0v) is 15.0. The van der Waals surface area contributed by atoms with Crippen molar-refractivity contribution in [1.29, 1.82) is 0 Å². The second kappa shape index (κ2) is 8.26. The highest BCUT2D eigenvalue weighted by atomic mass is 35.5. The lowest BCUT2D eigenvalue weighted by Crippen LogP contribution is -2.52. The van der Waals surface area contributed by atoms with E-state index in [4.69, 9.17) is 0 Å². The molecule has 3 atom stereocenters. The number of carbonyl (C=O) groups is 1. The first-order valence-electron chi connectivity index (χ1n) is 6.98. The average molecular weight is 368 g/mol. The summed E-state index contributed by atoms with van der Waals surface area (Å²) < 4.78 is 26.8. The average Bonchev–Trinajstić information content (AvgIpc) is 2.92. The van der Waals surface area contributed by atoms with Crippen LogP contribution in [0.1, 0.15) is 26.7 Å². The SMILES string of the molecule is CC1CC(NC(=O)C(C)NS(=O)(=O)c2cccs2)CCN1.Cl. The van der Waals surface area contributed by atoms with Gasteiger partial charge in [0.25, 0.3) is 10.0 Å². The van der Waals surface area contributed by atoms with Crippen LogP contribution >= 0.6 is 23.7 Å². The molecule has 126 valence electrons. The number of piperidine rings is 1. The summed E-state index contributed by atoms with van der Waals surface area (Å²) in [7, 11) is -3.62. The molecule has 0 radical (unpaired) electrons. The normalized spacial score (nSPS) is 23.4. The van der Waals surface area contributed by atoms with E-state index in [1.807, 2.05) is 0 Å². The molecule has 0 aliphatic carbocycles. The van der Waals surface area contributed by atoms with Gasteiger partial charge in [-0.3, -0.25) is 4.79 Å². The lowest BCUT2D eigenvalue weighted by atomic mass is 10.0. The molecule has 1 amide bonds. The number of hydrogen-bond acceptors (Lipinski definition) is 5. The van der Waals surface area contributed by atoms with E-state index >= 15 is 0 Å². The van der Waals surface area contributed by atoms with Crippen LogP contribution < -0.4 is 15.4 Å². The van der Waals surface area contributed by atoms with Crippen LogP contribution in [0.3, 0.4) is 0 Å². The van der Waals surface area contributed by atoms with Crippen LogP contribution in [0.15, 0.2) is 21.7 Å². The zero-order valence-electron chi connectivity index (χ0n) is 12.5. The minimum Gasteiger partial charge on any atom is -0.352 e. The number of carbonyl (C=O) groups excluding carboxylic acids is 1. The molecule has 1 saturated heterocycles. The summed E-state index contributed by atoms with van der Waals surface area (Å²) in [6.45, 7) is 4.49. The third-order valence-electron chi connectivity index (χ3n) is 3.46. The van der Waals surface area contributed by atoms with Crippen molar-refractivity contribution in [3.63, 3.8) is 0 Å². The van der Waals surface area contributed by atoms with Gasteiger partial charge in [0.2, 0.25) is 5.91 Å². The molecule has 9 heteroatoms. The van der Waals surface area contributed by atoms with E-state index < -0.39 is 16.1 Å². The molecule has 1 aliphatic rings. The first-order valence-corrected chi connectivity index (χ1v) is 9.34. The Kier molecular flexibility index (Phi) is 7.27. The van der Waals surface area contributed by atoms with E-state index in [2.05, 4.69) is 22.3 Å². The molecule has 0 aromatic carbocycles. The van der Waals surface area contributed by atoms with Gasteiger partial charge in [-0.2, -0.15) is 4.72 Å². The van der Waals surface area contributed by atoms with Crippen molar-refractivity contribution in [2.45, 2.75) is 49.0 Å². The van der Waals surface area contributed by atoms with E-state index in [9.17, 15) is 13.2 Å². The third-order valence-corrected chi connectivity index (χ3v) is 6.39. The minimum absolute atomic E-state index is 0. The monoisotopic (exact) mass is 367 g/mol. The molecule has 1 fully saturated rings. The predicted molar refractivity (Wildman–Crippen MR) is 90.0 cm³/mol. The van der Waals surface area contributed by atoms with Crippen molar-refractivity contribution in [3.05, 3.63) is 17.5 Å². The van der Waals surface area contributed by atoms with Crippen LogP contribution in [0.5, 0.6) is 0 Å². The second-order valence-corrected chi connectivity index (χ2v) is 8.25. The highest BCUT2D eigenvalue weighted by molar-refractivity contribution is 7.91. The third kappa shape index (κ3) is 5.20. The van der Waals surface area contributed by atoms with Gasteiger partial charge in [0.05, 0.1) is 6.04 Å². The molecule has 0 saturated carbocycles. The molecule has 6 nitrogen and oxygen atoms in total. The van der Waals surface area contributed by atoms with Gasteiger partial charge in [-0.25, -0.2) is 8.42 Å². The van der Waals surface area contributed by atoms with E-state index in [0.29, 0.717) is 6.04 Å². The molecule has 1 aliphatic heterocycles. The molecule has 1 aromatic heterocycles. The van der Waals surface area contributed by atoms with Crippen LogP contribution in [0.4, 0.5) is 0 Å². The molecular formula is C13H22ClN3O3S2. The fourth-order valence-electron chi connectivity index (χ4n) is 2.35. The Hall–Kier alpha value is -0.670. The summed E-state index contributed by atoms with van der Waals surface area (Å²) in [6.07, 6.45) is 1.72. The fourth-order valence-corrected chi connectivity index (χ4v) is 4.56. The fraction of sp³-hybridized carbons (Fsp3) is 0.615. The van der Waals surface area contributed by atoms with Crippen molar-refractivity contribution in [2.75, 3.05) is 6.54 Å². The van der Waals surface area contributed by atoms with Crippen molar-refractivity contribution in [2.24, 2.45) is 0 Å². The first-order chi connectivity index (χ1) is 9.88. The molecule has 2 heterocycles. The Morgan fingerprint density at radius 2 is 2.23 bits per heavy atom. The molecular weight excluding hydrogens is 346 g/mol. The largest absolute Gasteiger partial charge is 0.352 e. The van der Waals surface area contributed by atoms with E-state index in [0.717, 1.165) is 30.7 Å². The standard InChI is InChI=1S/C13H21N3O3S2.ClH/c1-9-8-11(5-6-14-9)15-13(17)10(2)16-21(18,19)12-4-3-7-20-12;/h3-4,7,9-11,14,16H,5-6,8H2,1-2H3,(H,15,17);1H. The number of rotatable bonds is 5. The molecule has 3 N–H and O–H groups in total. The molecule has 0 spiro atoms. The molecule has 2 rings (SSSR count). The van der Waals surface area contributed by atoms with E-state index in [1.165, 1.54) is 6.07 Å². The lowest BCUT2D eigenvalue weighted by molar-refractivity contribution is -0.123. The number of halogens is 1. The van der Waals surface area contributed by atoms with Crippen LogP contribution in [0.2, 0.25) is 0 Å².